The van der Waals surface area contributed by atoms with E-state index in [2.05, 4.69) is 29.3 Å². The van der Waals surface area contributed by atoms with Gasteiger partial charge in [-0.1, -0.05) is 73.3 Å². The molecule has 2 unspecified atom stereocenters. The average molecular weight is 609 g/mol. The Morgan fingerprint density at radius 2 is 1.74 bits per heavy atom. The number of amides is 5. The van der Waals surface area contributed by atoms with Crippen molar-refractivity contribution in [1.82, 2.24) is 30.5 Å². The number of rotatable bonds is 13. The number of urea groups is 1. The minimum absolute atomic E-state index is 0.0297. The molecule has 2 aromatic rings. The van der Waals surface area contributed by atoms with E-state index in [1.807, 2.05) is 48.5 Å². The summed E-state index contributed by atoms with van der Waals surface area (Å²) in [7, 11) is 1.71. The van der Waals surface area contributed by atoms with Crippen LogP contribution in [0.5, 0.6) is 0 Å². The summed E-state index contributed by atoms with van der Waals surface area (Å²) < 4.78 is 4.95. The van der Waals surface area contributed by atoms with Gasteiger partial charge >= 0.3 is 12.1 Å². The molecule has 2 aliphatic heterocycles. The lowest BCUT2D eigenvalue weighted by molar-refractivity contribution is -0.187. The number of carbonyl (C=O) groups excluding carboxylic acids is 4. The zero-order valence-electron chi connectivity index (χ0n) is 24.5. The number of hydrazine groups is 1. The largest absolute Gasteiger partial charge is 0.445 e. The minimum Gasteiger partial charge on any atom is -0.445 e. The summed E-state index contributed by atoms with van der Waals surface area (Å²) in [4.78, 5) is 55.9. The van der Waals surface area contributed by atoms with Gasteiger partial charge in [0, 0.05) is 38.2 Å². The van der Waals surface area contributed by atoms with Crippen LogP contribution in [0.25, 0.3) is 0 Å². The van der Waals surface area contributed by atoms with Gasteiger partial charge in [-0.3, -0.25) is 9.59 Å². The van der Waals surface area contributed by atoms with Crippen molar-refractivity contribution < 1.29 is 23.9 Å². The summed E-state index contributed by atoms with van der Waals surface area (Å²) in [5.41, 5.74) is 2.16. The van der Waals surface area contributed by atoms with Crippen LogP contribution in [0, 0.1) is 0 Å². The third kappa shape index (κ3) is 8.74. The number of piperazine rings is 1. The van der Waals surface area contributed by atoms with Crippen molar-refractivity contribution >= 4 is 35.7 Å². The van der Waals surface area contributed by atoms with Crippen molar-refractivity contribution in [2.45, 2.75) is 37.3 Å². The Morgan fingerprint density at radius 3 is 2.44 bits per heavy atom. The van der Waals surface area contributed by atoms with Gasteiger partial charge < -0.3 is 25.2 Å². The zero-order valence-corrected chi connectivity index (χ0v) is 25.3. The van der Waals surface area contributed by atoms with Crippen LogP contribution < -0.4 is 10.6 Å². The van der Waals surface area contributed by atoms with E-state index in [9.17, 15) is 19.2 Å². The van der Waals surface area contributed by atoms with Gasteiger partial charge in [0.25, 0.3) is 0 Å². The Hall–Kier alpha value is -4.03. The molecule has 4 rings (SSSR count). The standard InChI is InChI=1S/C31H40N6O5S/c1-3-18-42-31(41)32-16-10-15-26-29(39)35(17-19-43-23-25-13-8-5-9-14-25)21-27-36(26)28(38)22-34(2)37(27)30(40)33-20-24-11-6-4-7-12-24/h3-9,11-14,26-27H,1,10,15-23H2,2H3,(H,32,41)(H,33,40). The van der Waals surface area contributed by atoms with Gasteiger partial charge in [0.15, 0.2) is 0 Å². The third-order valence-corrected chi connectivity index (χ3v) is 8.32. The van der Waals surface area contributed by atoms with Crippen LogP contribution >= 0.6 is 11.8 Å². The predicted molar refractivity (Wildman–Crippen MR) is 166 cm³/mol. The van der Waals surface area contributed by atoms with E-state index < -0.39 is 18.3 Å². The number of ether oxygens (including phenoxy) is 1. The number of benzene rings is 2. The molecule has 0 bridgehead atoms. The monoisotopic (exact) mass is 608 g/mol. The van der Waals surface area contributed by atoms with Crippen molar-refractivity contribution in [3.05, 3.63) is 84.4 Å². The maximum absolute atomic E-state index is 13.8. The van der Waals surface area contributed by atoms with Crippen LogP contribution in [0.3, 0.4) is 0 Å². The molecule has 2 N–H and O–H groups in total. The smallest absolute Gasteiger partial charge is 0.407 e. The van der Waals surface area contributed by atoms with Crippen LogP contribution in [-0.2, 0) is 26.6 Å². The van der Waals surface area contributed by atoms with Crippen molar-refractivity contribution in [3.63, 3.8) is 0 Å². The molecule has 2 aliphatic rings. The first-order chi connectivity index (χ1) is 20.9. The van der Waals surface area contributed by atoms with Crippen LogP contribution in [-0.4, -0.2) is 102 Å². The number of fused-ring (bicyclic) bond motifs is 1. The van der Waals surface area contributed by atoms with Gasteiger partial charge in [-0.05, 0) is 24.0 Å². The highest BCUT2D eigenvalue weighted by atomic mass is 32.2. The molecule has 2 aromatic carbocycles. The van der Waals surface area contributed by atoms with Gasteiger partial charge in [0.2, 0.25) is 11.8 Å². The molecule has 230 valence electrons. The van der Waals surface area contributed by atoms with Gasteiger partial charge in [0.1, 0.15) is 18.8 Å². The number of alkyl carbamates (subject to hydrolysis) is 1. The van der Waals surface area contributed by atoms with E-state index in [0.717, 1.165) is 11.3 Å². The van der Waals surface area contributed by atoms with Gasteiger partial charge in [0.05, 0.1) is 13.1 Å². The summed E-state index contributed by atoms with van der Waals surface area (Å²) in [6, 6.07) is 18.6. The zero-order chi connectivity index (χ0) is 30.6. The molecule has 0 aromatic heterocycles. The first-order valence-corrected chi connectivity index (χ1v) is 15.6. The average Bonchev–Trinajstić information content (AvgIpc) is 3.01. The first-order valence-electron chi connectivity index (χ1n) is 14.4. The lowest BCUT2D eigenvalue weighted by Crippen LogP contribution is -2.76. The second-order valence-corrected chi connectivity index (χ2v) is 11.5. The molecule has 0 spiro atoms. The molecule has 5 amide bonds. The van der Waals surface area contributed by atoms with Gasteiger partial charge in [-0.15, -0.1) is 0 Å². The van der Waals surface area contributed by atoms with Crippen LogP contribution in [0.4, 0.5) is 9.59 Å². The molecule has 2 saturated heterocycles. The highest BCUT2D eigenvalue weighted by Gasteiger charge is 2.50. The lowest BCUT2D eigenvalue weighted by Gasteiger charge is -2.54. The Morgan fingerprint density at radius 1 is 1.05 bits per heavy atom. The third-order valence-electron chi connectivity index (χ3n) is 7.31. The predicted octanol–water partition coefficient (Wildman–Crippen LogP) is 3.05. The molecular formula is C31H40N6O5S. The summed E-state index contributed by atoms with van der Waals surface area (Å²) in [6.45, 7) is 4.90. The fourth-order valence-corrected chi connectivity index (χ4v) is 6.17. The Bertz CT molecular complexity index is 1250. The maximum Gasteiger partial charge on any atom is 0.407 e. The molecule has 2 atom stereocenters. The Balaban J connectivity index is 1.46. The highest BCUT2D eigenvalue weighted by molar-refractivity contribution is 7.98. The normalized spacial score (nSPS) is 18.7. The van der Waals surface area contributed by atoms with Crippen LogP contribution in [0.15, 0.2) is 73.3 Å². The summed E-state index contributed by atoms with van der Waals surface area (Å²) >= 11 is 1.73. The van der Waals surface area contributed by atoms with E-state index >= 15 is 0 Å². The number of carbonyl (C=O) groups is 4. The second kappa shape index (κ2) is 16.0. The van der Waals surface area contributed by atoms with Crippen molar-refractivity contribution in [2.24, 2.45) is 0 Å². The van der Waals surface area contributed by atoms with E-state index in [-0.39, 0.29) is 44.1 Å². The number of nitrogens with zero attached hydrogens (tertiary/aromatic N) is 4. The van der Waals surface area contributed by atoms with Crippen molar-refractivity contribution in [1.29, 1.82) is 0 Å². The number of thioether (sulfide) groups is 1. The molecule has 11 nitrogen and oxygen atoms in total. The Kier molecular flexibility index (Phi) is 11.9. The molecule has 2 fully saturated rings. The second-order valence-electron chi connectivity index (χ2n) is 10.4. The molecule has 2 heterocycles. The summed E-state index contributed by atoms with van der Waals surface area (Å²) in [5, 5.41) is 8.81. The van der Waals surface area contributed by atoms with Crippen LogP contribution in [0.2, 0.25) is 0 Å². The molecule has 43 heavy (non-hydrogen) atoms. The molecular weight excluding hydrogens is 568 g/mol. The topological polar surface area (TPSA) is 115 Å². The van der Waals surface area contributed by atoms with Gasteiger partial charge in [-0.25, -0.2) is 19.6 Å². The number of nitrogens with one attached hydrogen (secondary N) is 2. The highest BCUT2D eigenvalue weighted by Crippen LogP contribution is 2.28. The molecule has 12 heteroatoms. The minimum atomic E-state index is -0.755. The number of hydrogen-bond acceptors (Lipinski definition) is 7. The van der Waals surface area contributed by atoms with E-state index in [1.54, 1.807) is 38.6 Å². The fourth-order valence-electron chi connectivity index (χ4n) is 5.25. The van der Waals surface area contributed by atoms with E-state index in [4.69, 9.17) is 4.74 Å². The fraction of sp³-hybridized carbons (Fsp3) is 0.419. The van der Waals surface area contributed by atoms with Crippen LogP contribution in [0.1, 0.15) is 24.0 Å². The quantitative estimate of drug-likeness (QED) is 0.265. The molecule has 0 radical (unpaired) electrons. The summed E-state index contributed by atoms with van der Waals surface area (Å²) in [6.07, 6.45) is 1.03. The van der Waals surface area contributed by atoms with Crippen molar-refractivity contribution in [3.8, 4) is 0 Å². The lowest BCUT2D eigenvalue weighted by atomic mass is 10.0. The number of likely N-dealkylation sites (N-methyl/N-ethyl adjacent to an activating group) is 1. The Labute approximate surface area is 257 Å². The maximum atomic E-state index is 13.8. The molecule has 0 aliphatic carbocycles. The van der Waals surface area contributed by atoms with E-state index in [1.165, 1.54) is 11.6 Å². The van der Waals surface area contributed by atoms with E-state index in [0.29, 0.717) is 31.7 Å². The van der Waals surface area contributed by atoms with Crippen molar-refractivity contribution in [2.75, 3.05) is 45.6 Å². The van der Waals surface area contributed by atoms with Gasteiger partial charge in [-0.2, -0.15) is 11.8 Å². The SMILES string of the molecule is C=CCOC(=O)NCCCC1C(=O)N(CCSCc2ccccc2)CC2N1C(=O)CN(C)N2C(=O)NCc1ccccc1. The summed E-state index contributed by atoms with van der Waals surface area (Å²) in [5.74, 6) is 1.17. The first kappa shape index (κ1) is 31.9. The molecule has 0 saturated carbocycles. The number of hydrogen-bond donors (Lipinski definition) is 2.